The van der Waals surface area contributed by atoms with Crippen molar-refractivity contribution in [2.75, 3.05) is 6.16 Å². The van der Waals surface area contributed by atoms with Crippen LogP contribution in [0.3, 0.4) is 0 Å². The fourth-order valence-corrected chi connectivity index (χ4v) is 6.34. The summed E-state index contributed by atoms with van der Waals surface area (Å²) in [5.74, 6) is 0. The monoisotopic (exact) mass is 436 g/mol. The molecule has 0 radical (unpaired) electrons. The van der Waals surface area contributed by atoms with E-state index in [9.17, 15) is 17.9 Å². The molecule has 164 valence electrons. The van der Waals surface area contributed by atoms with E-state index in [2.05, 4.69) is 0 Å². The molecular weight excluding hydrogens is 400 g/mol. The largest absolute Gasteiger partial charge is 0.400 e. The number of rotatable bonds is 14. The molecule has 27 heavy (non-hydrogen) atoms. The third-order valence-electron chi connectivity index (χ3n) is 3.00. The van der Waals surface area contributed by atoms with Gasteiger partial charge >= 0.3 is 20.9 Å². The summed E-state index contributed by atoms with van der Waals surface area (Å²) in [6.07, 6.45) is -2.49. The Morgan fingerprint density at radius 1 is 0.704 bits per heavy atom. The normalized spacial score (nSPS) is 14.1. The molecule has 0 atom stereocenters. The predicted octanol–water partition coefficient (Wildman–Crippen LogP) is 6.84. The molecule has 0 aromatic rings. The van der Waals surface area contributed by atoms with Crippen LogP contribution in [0.1, 0.15) is 74.7 Å². The zero-order valence-corrected chi connectivity index (χ0v) is 19.5. The maximum Gasteiger partial charge on any atom is 0.400 e. The third kappa shape index (κ3) is 10.5. The van der Waals surface area contributed by atoms with Gasteiger partial charge in [-0.2, -0.15) is 8.78 Å². The lowest BCUT2D eigenvalue weighted by atomic mass is 10.2. The van der Waals surface area contributed by atoms with Crippen molar-refractivity contribution in [1.82, 2.24) is 0 Å². The second-order valence-electron chi connectivity index (χ2n) is 7.57. The second kappa shape index (κ2) is 11.4. The van der Waals surface area contributed by atoms with E-state index in [1.165, 1.54) is 27.7 Å². The summed E-state index contributed by atoms with van der Waals surface area (Å²) in [6, 6.07) is 0. The lowest BCUT2D eigenvalue weighted by Crippen LogP contribution is -2.24. The first kappa shape index (κ1) is 27.2. The number of hydrogen-bond acceptors (Lipinski definition) is 6. The van der Waals surface area contributed by atoms with Gasteiger partial charge < -0.3 is 18.1 Å². The molecule has 0 saturated carbocycles. The Hall–Kier alpha value is 0.160. The molecule has 0 amide bonds. The van der Waals surface area contributed by atoms with Crippen molar-refractivity contribution >= 4 is 15.2 Å². The third-order valence-corrected chi connectivity index (χ3v) is 7.78. The zero-order chi connectivity index (χ0) is 21.5. The van der Waals surface area contributed by atoms with Crippen molar-refractivity contribution in [1.29, 1.82) is 0 Å². The van der Waals surface area contributed by atoms with E-state index in [0.717, 1.165) is 0 Å². The summed E-state index contributed by atoms with van der Waals surface area (Å²) in [4.78, 5) is 0. The average Bonchev–Trinajstić information content (AvgIpc) is 2.39. The molecule has 0 aromatic carbocycles. The van der Waals surface area contributed by atoms with Crippen LogP contribution in [-0.4, -0.2) is 36.2 Å². The first-order valence-corrected chi connectivity index (χ1v) is 12.7. The Kier molecular flexibility index (Phi) is 11.4. The molecule has 10 heteroatoms. The highest BCUT2D eigenvalue weighted by Gasteiger charge is 2.53. The minimum atomic E-state index is -4.63. The topological polar surface area (TPSA) is 71.1 Å². The standard InChI is InChI=1S/C17H36F2O6P2/c1-13(2)22-26(20,23-14(3)4)12-10-9-11-17(18,19)27(21,24-15(5)6)25-16(7)8/h13-16H,9-12H2,1-8H3. The van der Waals surface area contributed by atoms with Gasteiger partial charge in [-0.1, -0.05) is 0 Å². The maximum atomic E-state index is 14.6. The molecule has 0 saturated heterocycles. The van der Waals surface area contributed by atoms with E-state index < -0.39 is 39.5 Å². The SMILES string of the molecule is CC(C)OP(=O)(CCCCC(F)(F)P(=O)(OC(C)C)OC(C)C)OC(C)C. The molecule has 0 N–H and O–H groups in total. The van der Waals surface area contributed by atoms with Crippen LogP contribution in [0.25, 0.3) is 0 Å². The zero-order valence-electron chi connectivity index (χ0n) is 17.7. The molecular formula is C17H36F2O6P2. The Bertz CT molecular complexity index is 496. The van der Waals surface area contributed by atoms with Crippen molar-refractivity contribution < 1.29 is 36.0 Å². The van der Waals surface area contributed by atoms with Gasteiger partial charge in [0, 0.05) is 6.42 Å². The molecule has 0 spiro atoms. The van der Waals surface area contributed by atoms with Gasteiger partial charge in [0.25, 0.3) is 0 Å². The summed E-state index contributed by atoms with van der Waals surface area (Å²) in [6.45, 7) is 13.0. The van der Waals surface area contributed by atoms with Crippen LogP contribution < -0.4 is 0 Å². The molecule has 6 nitrogen and oxygen atoms in total. The van der Waals surface area contributed by atoms with Crippen molar-refractivity contribution in [3.8, 4) is 0 Å². The van der Waals surface area contributed by atoms with Gasteiger partial charge in [-0.25, -0.2) is 0 Å². The minimum absolute atomic E-state index is 0.0137. The molecule has 0 heterocycles. The van der Waals surface area contributed by atoms with Gasteiger partial charge in [-0.15, -0.1) is 0 Å². The Morgan fingerprint density at radius 2 is 1.07 bits per heavy atom. The van der Waals surface area contributed by atoms with Crippen LogP contribution in [0.4, 0.5) is 8.78 Å². The van der Waals surface area contributed by atoms with Gasteiger partial charge in [0.1, 0.15) is 0 Å². The molecule has 0 rings (SSSR count). The van der Waals surface area contributed by atoms with E-state index in [1.807, 2.05) is 0 Å². The van der Waals surface area contributed by atoms with E-state index in [1.54, 1.807) is 27.7 Å². The highest BCUT2D eigenvalue weighted by Crippen LogP contribution is 2.65. The van der Waals surface area contributed by atoms with Crippen LogP contribution in [-0.2, 0) is 27.2 Å². The number of halogens is 2. The Labute approximate surface area is 162 Å². The quantitative estimate of drug-likeness (QED) is 0.219. The molecule has 0 aliphatic carbocycles. The van der Waals surface area contributed by atoms with E-state index >= 15 is 0 Å². The van der Waals surface area contributed by atoms with Crippen molar-refractivity contribution in [2.24, 2.45) is 0 Å². The van der Waals surface area contributed by atoms with Crippen LogP contribution in [0, 0.1) is 0 Å². The number of unbranched alkanes of at least 4 members (excludes halogenated alkanes) is 1. The summed E-state index contributed by atoms with van der Waals surface area (Å²) in [7, 11) is -8.00. The lowest BCUT2D eigenvalue weighted by molar-refractivity contribution is 0.0125. The van der Waals surface area contributed by atoms with Crippen molar-refractivity contribution in [3.63, 3.8) is 0 Å². The molecule has 0 aliphatic rings. The highest BCUT2D eigenvalue weighted by atomic mass is 31.2. The molecule has 0 fully saturated rings. The molecule has 0 bridgehead atoms. The summed E-state index contributed by atoms with van der Waals surface area (Å²) in [5.41, 5.74) is -3.64. The average molecular weight is 436 g/mol. The van der Waals surface area contributed by atoms with Gasteiger partial charge in [0.15, 0.2) is 0 Å². The Balaban J connectivity index is 4.95. The van der Waals surface area contributed by atoms with Gasteiger partial charge in [0.2, 0.25) is 0 Å². The first-order valence-electron chi connectivity index (χ1n) is 9.43. The minimum Gasteiger partial charge on any atom is -0.306 e. The van der Waals surface area contributed by atoms with Crippen LogP contribution in [0.2, 0.25) is 0 Å². The van der Waals surface area contributed by atoms with Crippen LogP contribution >= 0.6 is 15.2 Å². The van der Waals surface area contributed by atoms with Gasteiger partial charge in [-0.05, 0) is 68.2 Å². The van der Waals surface area contributed by atoms with Crippen molar-refractivity contribution in [3.05, 3.63) is 0 Å². The molecule has 0 aromatic heterocycles. The summed E-state index contributed by atoms with van der Waals surface area (Å²) >= 11 is 0. The maximum absolute atomic E-state index is 14.6. The summed E-state index contributed by atoms with van der Waals surface area (Å²) < 4.78 is 75.3. The fourth-order valence-electron chi connectivity index (χ4n) is 2.29. The Morgan fingerprint density at radius 3 is 1.41 bits per heavy atom. The van der Waals surface area contributed by atoms with E-state index in [4.69, 9.17) is 18.1 Å². The van der Waals surface area contributed by atoms with Gasteiger partial charge in [0.05, 0.1) is 30.6 Å². The summed E-state index contributed by atoms with van der Waals surface area (Å²) in [5, 5.41) is 0. The number of alkyl halides is 2. The highest BCUT2D eigenvalue weighted by molar-refractivity contribution is 7.55. The van der Waals surface area contributed by atoms with E-state index in [-0.39, 0.29) is 31.2 Å². The van der Waals surface area contributed by atoms with Gasteiger partial charge in [-0.3, -0.25) is 9.13 Å². The molecule has 0 unspecified atom stereocenters. The van der Waals surface area contributed by atoms with Crippen LogP contribution in [0.15, 0.2) is 0 Å². The number of hydrogen-bond donors (Lipinski definition) is 0. The van der Waals surface area contributed by atoms with Crippen molar-refractivity contribution in [2.45, 2.75) is 105 Å². The molecule has 0 aliphatic heterocycles. The predicted molar refractivity (Wildman–Crippen MR) is 104 cm³/mol. The smallest absolute Gasteiger partial charge is 0.306 e. The first-order chi connectivity index (χ1) is 12.1. The fraction of sp³-hybridized carbons (Fsp3) is 1.00. The van der Waals surface area contributed by atoms with E-state index in [0.29, 0.717) is 0 Å². The lowest BCUT2D eigenvalue weighted by Gasteiger charge is -2.29. The van der Waals surface area contributed by atoms with Crippen LogP contribution in [0.5, 0.6) is 0 Å². The second-order valence-corrected chi connectivity index (χ2v) is 11.7.